The molecule has 1 atom stereocenters. The van der Waals surface area contributed by atoms with E-state index in [9.17, 15) is 5.11 Å². The molecule has 0 spiro atoms. The molecule has 1 aliphatic carbocycles. The van der Waals surface area contributed by atoms with E-state index in [1.165, 1.54) is 12.0 Å². The van der Waals surface area contributed by atoms with E-state index in [0.717, 1.165) is 31.6 Å². The van der Waals surface area contributed by atoms with Crippen LogP contribution in [0.4, 0.5) is 0 Å². The van der Waals surface area contributed by atoms with Crippen LogP contribution >= 0.6 is 0 Å². The van der Waals surface area contributed by atoms with Gasteiger partial charge in [-0.1, -0.05) is 18.2 Å². The molecular formula is C14H19NO2. The summed E-state index contributed by atoms with van der Waals surface area (Å²) in [6, 6.07) is 8.22. The maximum Gasteiger partial charge on any atom is 0.123 e. The minimum absolute atomic E-state index is 0.0157. The first-order valence-corrected chi connectivity index (χ1v) is 6.42. The Balaban J connectivity index is 1.55. The van der Waals surface area contributed by atoms with Crippen LogP contribution in [0.5, 0.6) is 5.75 Å². The first-order chi connectivity index (χ1) is 8.31. The molecule has 0 bridgehead atoms. The summed E-state index contributed by atoms with van der Waals surface area (Å²) in [6.45, 7) is 1.07. The highest BCUT2D eigenvalue weighted by molar-refractivity contribution is 5.37. The monoisotopic (exact) mass is 233 g/mol. The Morgan fingerprint density at radius 2 is 2.18 bits per heavy atom. The lowest BCUT2D eigenvalue weighted by molar-refractivity contribution is 0.0766. The normalized spacial score (nSPS) is 24.9. The van der Waals surface area contributed by atoms with E-state index in [-0.39, 0.29) is 18.2 Å². The van der Waals surface area contributed by atoms with Crippen molar-refractivity contribution >= 4 is 0 Å². The molecule has 0 aromatic heterocycles. The van der Waals surface area contributed by atoms with Crippen molar-refractivity contribution in [3.63, 3.8) is 0 Å². The predicted octanol–water partition coefficient (Wildman–Crippen LogP) is 1.49. The SMILES string of the molecule is OCC1(NCC2Cc3ccccc3O2)CCC1. The number of aliphatic hydroxyl groups is 1. The molecule has 2 N–H and O–H groups in total. The lowest BCUT2D eigenvalue weighted by Gasteiger charge is -2.41. The summed E-state index contributed by atoms with van der Waals surface area (Å²) < 4.78 is 5.87. The van der Waals surface area contributed by atoms with Gasteiger partial charge in [-0.05, 0) is 30.9 Å². The molecule has 17 heavy (non-hydrogen) atoms. The smallest absolute Gasteiger partial charge is 0.123 e. The molecule has 0 amide bonds. The first-order valence-electron chi connectivity index (χ1n) is 6.42. The molecule has 0 radical (unpaired) electrons. The van der Waals surface area contributed by atoms with Crippen molar-refractivity contribution in [3.05, 3.63) is 29.8 Å². The fraction of sp³-hybridized carbons (Fsp3) is 0.571. The third kappa shape index (κ3) is 2.05. The Kier molecular flexibility index (Phi) is 2.81. The summed E-state index contributed by atoms with van der Waals surface area (Å²) in [5.41, 5.74) is 1.28. The second-order valence-corrected chi connectivity index (χ2v) is 5.22. The number of fused-ring (bicyclic) bond motifs is 1. The summed E-state index contributed by atoms with van der Waals surface area (Å²) in [6.07, 6.45) is 4.59. The molecule has 1 aromatic carbocycles. The van der Waals surface area contributed by atoms with Crippen LogP contribution in [-0.4, -0.2) is 29.9 Å². The fourth-order valence-electron chi connectivity index (χ4n) is 2.69. The second kappa shape index (κ2) is 4.31. The molecule has 3 rings (SSSR count). The number of para-hydroxylation sites is 1. The third-order valence-corrected chi connectivity index (χ3v) is 4.03. The van der Waals surface area contributed by atoms with Crippen LogP contribution in [0.15, 0.2) is 24.3 Å². The first kappa shape index (κ1) is 11.1. The van der Waals surface area contributed by atoms with Gasteiger partial charge in [0.1, 0.15) is 11.9 Å². The van der Waals surface area contributed by atoms with E-state index in [1.54, 1.807) is 0 Å². The quantitative estimate of drug-likeness (QED) is 0.828. The molecule has 1 aliphatic heterocycles. The van der Waals surface area contributed by atoms with Gasteiger partial charge < -0.3 is 15.2 Å². The maximum absolute atomic E-state index is 9.38. The van der Waals surface area contributed by atoms with Crippen LogP contribution in [0.1, 0.15) is 24.8 Å². The number of aliphatic hydroxyl groups excluding tert-OH is 1. The van der Waals surface area contributed by atoms with Crippen molar-refractivity contribution in [1.82, 2.24) is 5.32 Å². The third-order valence-electron chi connectivity index (χ3n) is 4.03. The Bertz CT molecular complexity index is 370. The molecule has 2 aliphatic rings. The Morgan fingerprint density at radius 1 is 1.35 bits per heavy atom. The summed E-state index contributed by atoms with van der Waals surface area (Å²) in [5.74, 6) is 1.02. The van der Waals surface area contributed by atoms with Crippen LogP contribution in [0, 0.1) is 0 Å². The van der Waals surface area contributed by atoms with Crippen molar-refractivity contribution < 1.29 is 9.84 Å². The minimum atomic E-state index is -0.0157. The molecule has 1 fully saturated rings. The van der Waals surface area contributed by atoms with Gasteiger partial charge in [-0.15, -0.1) is 0 Å². The summed E-state index contributed by atoms with van der Waals surface area (Å²) in [5, 5.41) is 12.9. The Hall–Kier alpha value is -1.06. The summed E-state index contributed by atoms with van der Waals surface area (Å²) in [4.78, 5) is 0. The topological polar surface area (TPSA) is 41.5 Å². The van der Waals surface area contributed by atoms with Gasteiger partial charge in [0.2, 0.25) is 0 Å². The number of benzene rings is 1. The Morgan fingerprint density at radius 3 is 2.82 bits per heavy atom. The van der Waals surface area contributed by atoms with Gasteiger partial charge in [0.15, 0.2) is 0 Å². The number of rotatable bonds is 4. The van der Waals surface area contributed by atoms with E-state index in [4.69, 9.17) is 4.74 Å². The lowest BCUT2D eigenvalue weighted by atomic mass is 9.77. The molecule has 3 heteroatoms. The Labute approximate surface area is 102 Å². The van der Waals surface area contributed by atoms with Gasteiger partial charge in [0, 0.05) is 18.5 Å². The summed E-state index contributed by atoms with van der Waals surface area (Å²) in [7, 11) is 0. The minimum Gasteiger partial charge on any atom is -0.488 e. The average molecular weight is 233 g/mol. The molecule has 3 nitrogen and oxygen atoms in total. The van der Waals surface area contributed by atoms with E-state index in [1.807, 2.05) is 12.1 Å². The van der Waals surface area contributed by atoms with Crippen LogP contribution in [-0.2, 0) is 6.42 Å². The van der Waals surface area contributed by atoms with Crippen molar-refractivity contribution in [1.29, 1.82) is 0 Å². The van der Waals surface area contributed by atoms with Gasteiger partial charge >= 0.3 is 0 Å². The molecule has 1 saturated carbocycles. The standard InChI is InChI=1S/C14H19NO2/c16-10-14(6-3-7-14)15-9-12-8-11-4-1-2-5-13(11)17-12/h1-2,4-5,12,15-16H,3,6-10H2. The average Bonchev–Trinajstić information content (AvgIpc) is 2.71. The number of ether oxygens (including phenoxy) is 1. The van der Waals surface area contributed by atoms with Gasteiger partial charge in [0.25, 0.3) is 0 Å². The van der Waals surface area contributed by atoms with E-state index in [2.05, 4.69) is 17.4 Å². The zero-order valence-corrected chi connectivity index (χ0v) is 9.98. The number of nitrogens with one attached hydrogen (secondary N) is 1. The highest BCUT2D eigenvalue weighted by Gasteiger charge is 2.36. The molecule has 1 unspecified atom stereocenters. The maximum atomic E-state index is 9.38. The molecule has 1 aromatic rings. The van der Waals surface area contributed by atoms with Crippen LogP contribution < -0.4 is 10.1 Å². The predicted molar refractivity (Wildman–Crippen MR) is 66.2 cm³/mol. The number of hydrogen-bond donors (Lipinski definition) is 2. The fourth-order valence-corrected chi connectivity index (χ4v) is 2.69. The zero-order valence-electron chi connectivity index (χ0n) is 9.98. The van der Waals surface area contributed by atoms with Crippen molar-refractivity contribution in [2.45, 2.75) is 37.3 Å². The van der Waals surface area contributed by atoms with Crippen LogP contribution in [0.3, 0.4) is 0 Å². The van der Waals surface area contributed by atoms with Crippen LogP contribution in [0.2, 0.25) is 0 Å². The van der Waals surface area contributed by atoms with Crippen molar-refractivity contribution in [3.8, 4) is 5.75 Å². The van der Waals surface area contributed by atoms with Gasteiger partial charge in [0.05, 0.1) is 6.61 Å². The largest absolute Gasteiger partial charge is 0.488 e. The van der Waals surface area contributed by atoms with E-state index < -0.39 is 0 Å². The van der Waals surface area contributed by atoms with Gasteiger partial charge in [-0.2, -0.15) is 0 Å². The molecule has 0 saturated heterocycles. The second-order valence-electron chi connectivity index (χ2n) is 5.22. The molecule has 1 heterocycles. The molecular weight excluding hydrogens is 214 g/mol. The summed E-state index contributed by atoms with van der Waals surface area (Å²) >= 11 is 0. The van der Waals surface area contributed by atoms with Crippen molar-refractivity contribution in [2.24, 2.45) is 0 Å². The van der Waals surface area contributed by atoms with Gasteiger partial charge in [-0.25, -0.2) is 0 Å². The van der Waals surface area contributed by atoms with Gasteiger partial charge in [-0.3, -0.25) is 0 Å². The van der Waals surface area contributed by atoms with Crippen molar-refractivity contribution in [2.75, 3.05) is 13.2 Å². The molecule has 92 valence electrons. The van der Waals surface area contributed by atoms with E-state index in [0.29, 0.717) is 0 Å². The highest BCUT2D eigenvalue weighted by atomic mass is 16.5. The highest BCUT2D eigenvalue weighted by Crippen LogP contribution is 2.32. The number of hydrogen-bond acceptors (Lipinski definition) is 3. The zero-order chi connectivity index (χ0) is 11.7. The lowest BCUT2D eigenvalue weighted by Crippen LogP contribution is -2.56. The van der Waals surface area contributed by atoms with Crippen LogP contribution in [0.25, 0.3) is 0 Å². The van der Waals surface area contributed by atoms with E-state index >= 15 is 0 Å².